The SMILES string of the molecule is CCNc1ccc2c(c1)Oc1cc(N(CC)CC)ccc1C21c2ccccc2C(=O)N1CCO. The number of β-amino-alcohol motifs (C(OH)–C–C–N with tert-alkyl or cyclic N) is 1. The van der Waals surface area contributed by atoms with Gasteiger partial charge in [0.1, 0.15) is 17.0 Å². The van der Waals surface area contributed by atoms with Crippen LogP contribution in [0.3, 0.4) is 0 Å². The summed E-state index contributed by atoms with van der Waals surface area (Å²) < 4.78 is 6.54. The third-order valence-electron chi connectivity index (χ3n) is 6.98. The lowest BCUT2D eigenvalue weighted by Gasteiger charge is -2.44. The molecule has 2 heterocycles. The summed E-state index contributed by atoms with van der Waals surface area (Å²) in [6, 6.07) is 20.1. The number of anilines is 2. The predicted octanol–water partition coefficient (Wildman–Crippen LogP) is 4.81. The van der Waals surface area contributed by atoms with Crippen LogP contribution in [0.5, 0.6) is 11.5 Å². The molecule has 176 valence electrons. The summed E-state index contributed by atoms with van der Waals surface area (Å²) in [5.74, 6) is 1.38. The van der Waals surface area contributed by atoms with Gasteiger partial charge in [0.25, 0.3) is 5.91 Å². The first-order chi connectivity index (χ1) is 16.6. The van der Waals surface area contributed by atoms with Crippen molar-refractivity contribution in [2.45, 2.75) is 26.3 Å². The maximum Gasteiger partial charge on any atom is 0.255 e. The second-order valence-electron chi connectivity index (χ2n) is 8.63. The van der Waals surface area contributed by atoms with Gasteiger partial charge >= 0.3 is 0 Å². The second-order valence-corrected chi connectivity index (χ2v) is 8.63. The quantitative estimate of drug-likeness (QED) is 0.533. The van der Waals surface area contributed by atoms with E-state index in [0.717, 1.165) is 59.2 Å². The molecule has 0 fully saturated rings. The van der Waals surface area contributed by atoms with Crippen molar-refractivity contribution in [1.82, 2.24) is 4.90 Å². The Balaban J connectivity index is 1.83. The Morgan fingerprint density at radius 2 is 1.65 bits per heavy atom. The first-order valence-corrected chi connectivity index (χ1v) is 12.1. The number of amides is 1. The second kappa shape index (κ2) is 8.69. The number of ether oxygens (including phenoxy) is 1. The zero-order chi connectivity index (χ0) is 23.9. The molecule has 6 nitrogen and oxygen atoms in total. The Bertz CT molecular complexity index is 1240. The molecule has 2 aliphatic heterocycles. The zero-order valence-corrected chi connectivity index (χ0v) is 20.0. The maximum absolute atomic E-state index is 13.7. The summed E-state index contributed by atoms with van der Waals surface area (Å²) in [5, 5.41) is 13.4. The van der Waals surface area contributed by atoms with Crippen LogP contribution in [0.1, 0.15) is 47.8 Å². The van der Waals surface area contributed by atoms with Crippen LogP contribution in [0.4, 0.5) is 11.4 Å². The third-order valence-corrected chi connectivity index (χ3v) is 6.98. The van der Waals surface area contributed by atoms with Gasteiger partial charge in [0, 0.05) is 66.4 Å². The number of nitrogens with one attached hydrogen (secondary N) is 1. The predicted molar refractivity (Wildman–Crippen MR) is 135 cm³/mol. The molecule has 0 aromatic heterocycles. The van der Waals surface area contributed by atoms with Gasteiger partial charge in [0.2, 0.25) is 0 Å². The van der Waals surface area contributed by atoms with E-state index in [0.29, 0.717) is 5.56 Å². The molecule has 0 aliphatic carbocycles. The number of nitrogens with zero attached hydrogens (tertiary/aromatic N) is 2. The molecule has 34 heavy (non-hydrogen) atoms. The summed E-state index contributed by atoms with van der Waals surface area (Å²) in [5.41, 5.74) is 4.58. The topological polar surface area (TPSA) is 65.0 Å². The minimum absolute atomic E-state index is 0.0768. The normalized spacial score (nSPS) is 17.8. The van der Waals surface area contributed by atoms with Gasteiger partial charge in [-0.3, -0.25) is 4.79 Å². The largest absolute Gasteiger partial charge is 0.456 e. The van der Waals surface area contributed by atoms with Gasteiger partial charge < -0.3 is 25.0 Å². The monoisotopic (exact) mass is 457 g/mol. The Hall–Kier alpha value is -3.51. The van der Waals surface area contributed by atoms with Crippen LogP contribution in [0, 0.1) is 0 Å². The van der Waals surface area contributed by atoms with Crippen molar-refractivity contribution >= 4 is 17.3 Å². The van der Waals surface area contributed by atoms with E-state index in [1.165, 1.54) is 0 Å². The molecular formula is C28H31N3O3. The van der Waals surface area contributed by atoms with Gasteiger partial charge in [-0.15, -0.1) is 0 Å². The number of hydrogen-bond acceptors (Lipinski definition) is 5. The van der Waals surface area contributed by atoms with Gasteiger partial charge in [-0.25, -0.2) is 0 Å². The van der Waals surface area contributed by atoms with Gasteiger partial charge in [0.15, 0.2) is 0 Å². The zero-order valence-electron chi connectivity index (χ0n) is 20.0. The van der Waals surface area contributed by atoms with E-state index in [9.17, 15) is 9.90 Å². The fourth-order valence-electron chi connectivity index (χ4n) is 5.54. The molecule has 2 aliphatic rings. The Morgan fingerprint density at radius 1 is 0.941 bits per heavy atom. The van der Waals surface area contributed by atoms with Crippen LogP contribution in [0.2, 0.25) is 0 Å². The van der Waals surface area contributed by atoms with E-state index < -0.39 is 5.54 Å². The van der Waals surface area contributed by atoms with E-state index in [1.807, 2.05) is 47.4 Å². The highest BCUT2D eigenvalue weighted by Gasteiger charge is 2.56. The van der Waals surface area contributed by atoms with Gasteiger partial charge in [-0.2, -0.15) is 0 Å². The van der Waals surface area contributed by atoms with Crippen LogP contribution in [-0.4, -0.2) is 48.7 Å². The molecule has 1 spiro atoms. The molecule has 0 radical (unpaired) electrons. The molecule has 0 bridgehead atoms. The maximum atomic E-state index is 13.7. The first-order valence-electron chi connectivity index (χ1n) is 12.1. The highest BCUT2D eigenvalue weighted by Crippen LogP contribution is 2.58. The number of fused-ring (bicyclic) bond motifs is 6. The van der Waals surface area contributed by atoms with Gasteiger partial charge in [-0.05, 0) is 44.5 Å². The molecule has 3 aromatic carbocycles. The van der Waals surface area contributed by atoms with Crippen molar-refractivity contribution in [3.8, 4) is 11.5 Å². The lowest BCUT2D eigenvalue weighted by Crippen LogP contribution is -2.48. The van der Waals surface area contributed by atoms with Crippen molar-refractivity contribution in [3.05, 3.63) is 82.9 Å². The summed E-state index contributed by atoms with van der Waals surface area (Å²) in [6.45, 7) is 9.00. The van der Waals surface area contributed by atoms with Crippen LogP contribution < -0.4 is 15.0 Å². The van der Waals surface area contributed by atoms with Gasteiger partial charge in [0.05, 0.1) is 6.61 Å². The summed E-state index contributed by atoms with van der Waals surface area (Å²) in [7, 11) is 0. The van der Waals surface area contributed by atoms with Crippen molar-refractivity contribution in [3.63, 3.8) is 0 Å². The third kappa shape index (κ3) is 3.09. The fourth-order valence-corrected chi connectivity index (χ4v) is 5.54. The van der Waals surface area contributed by atoms with E-state index in [1.54, 1.807) is 0 Å². The minimum atomic E-state index is -0.869. The lowest BCUT2D eigenvalue weighted by atomic mass is 9.74. The number of hydrogen-bond donors (Lipinski definition) is 2. The average Bonchev–Trinajstić information content (AvgIpc) is 3.09. The molecule has 6 heteroatoms. The molecule has 1 atom stereocenters. The molecule has 1 amide bonds. The van der Waals surface area contributed by atoms with E-state index >= 15 is 0 Å². The summed E-state index contributed by atoms with van der Waals surface area (Å²) in [4.78, 5) is 17.8. The molecule has 0 saturated heterocycles. The van der Waals surface area contributed by atoms with E-state index in [-0.39, 0.29) is 19.1 Å². The highest BCUT2D eigenvalue weighted by atomic mass is 16.5. The summed E-state index contributed by atoms with van der Waals surface area (Å²) in [6.07, 6.45) is 0. The number of aliphatic hydroxyl groups excluding tert-OH is 1. The van der Waals surface area contributed by atoms with Gasteiger partial charge in [-0.1, -0.05) is 30.3 Å². The van der Waals surface area contributed by atoms with Crippen molar-refractivity contribution in [2.75, 3.05) is 43.0 Å². The van der Waals surface area contributed by atoms with E-state index in [4.69, 9.17) is 4.74 Å². The molecular weight excluding hydrogens is 426 g/mol. The smallest absolute Gasteiger partial charge is 0.255 e. The van der Waals surface area contributed by atoms with E-state index in [2.05, 4.69) is 49.2 Å². The number of carbonyl (C=O) groups is 1. The minimum Gasteiger partial charge on any atom is -0.456 e. The first kappa shape index (κ1) is 22.3. The van der Waals surface area contributed by atoms with Crippen molar-refractivity contribution in [2.24, 2.45) is 0 Å². The average molecular weight is 458 g/mol. The van der Waals surface area contributed by atoms with Crippen molar-refractivity contribution < 1.29 is 14.6 Å². The highest BCUT2D eigenvalue weighted by molar-refractivity contribution is 6.02. The number of carbonyl (C=O) groups excluding carboxylic acids is 1. The number of benzene rings is 3. The van der Waals surface area contributed by atoms with Crippen molar-refractivity contribution in [1.29, 1.82) is 0 Å². The van der Waals surface area contributed by atoms with Crippen LogP contribution in [0.25, 0.3) is 0 Å². The summed E-state index contributed by atoms with van der Waals surface area (Å²) >= 11 is 0. The van der Waals surface area contributed by atoms with Crippen LogP contribution in [-0.2, 0) is 5.54 Å². The van der Waals surface area contributed by atoms with Crippen LogP contribution in [0.15, 0.2) is 60.7 Å². The Kier molecular flexibility index (Phi) is 5.70. The number of rotatable bonds is 7. The Labute approximate surface area is 200 Å². The molecule has 3 aromatic rings. The number of aliphatic hydroxyl groups is 1. The molecule has 5 rings (SSSR count). The molecule has 1 unspecified atom stereocenters. The molecule has 0 saturated carbocycles. The van der Waals surface area contributed by atoms with Crippen LogP contribution >= 0.6 is 0 Å². The standard InChI is InChI=1S/C28H31N3O3/c1-4-29-19-11-13-23-25(17-19)34-26-18-20(30(5-2)6-3)12-14-24(26)28(23)22-10-8-7-9-21(22)27(33)31(28)15-16-32/h7-14,17-18,29,32H,4-6,15-16H2,1-3H3. The fraction of sp³-hybridized carbons (Fsp3) is 0.321. The lowest BCUT2D eigenvalue weighted by molar-refractivity contribution is 0.0615. The Morgan fingerprint density at radius 3 is 2.35 bits per heavy atom. The molecule has 2 N–H and O–H groups in total.